The van der Waals surface area contributed by atoms with Gasteiger partial charge in [-0.05, 0) is 36.8 Å². The lowest BCUT2D eigenvalue weighted by atomic mass is 9.95. The predicted octanol–water partition coefficient (Wildman–Crippen LogP) is 1.16. The van der Waals surface area contributed by atoms with Crippen LogP contribution in [0.15, 0.2) is 6.20 Å². The SMILES string of the molecule is [c]1nncc2c1CCCC2. The van der Waals surface area contributed by atoms with Crippen LogP contribution in [0.2, 0.25) is 0 Å². The molecule has 0 N–H and O–H groups in total. The third-order valence-corrected chi connectivity index (χ3v) is 1.97. The minimum absolute atomic E-state index is 1.14. The van der Waals surface area contributed by atoms with Crippen LogP contribution in [0.25, 0.3) is 0 Å². The number of hydrogen-bond acceptors (Lipinski definition) is 2. The highest BCUT2D eigenvalue weighted by Gasteiger charge is 2.08. The molecule has 1 aromatic heterocycles. The van der Waals surface area contributed by atoms with Gasteiger partial charge < -0.3 is 0 Å². The maximum atomic E-state index is 3.79. The second-order valence-corrected chi connectivity index (χ2v) is 2.67. The lowest BCUT2D eigenvalue weighted by Gasteiger charge is -2.11. The zero-order chi connectivity index (χ0) is 6.81. The molecule has 0 bridgehead atoms. The first-order valence-corrected chi connectivity index (χ1v) is 3.68. The summed E-state index contributed by atoms with van der Waals surface area (Å²) in [6, 6.07) is 0. The van der Waals surface area contributed by atoms with E-state index in [2.05, 4.69) is 16.4 Å². The van der Waals surface area contributed by atoms with Gasteiger partial charge in [-0.2, -0.15) is 5.10 Å². The molecular formula is C8H9N2. The molecule has 0 spiro atoms. The van der Waals surface area contributed by atoms with Crippen LogP contribution < -0.4 is 0 Å². The maximum absolute atomic E-state index is 3.79. The van der Waals surface area contributed by atoms with Crippen LogP contribution >= 0.6 is 0 Å². The molecule has 2 heteroatoms. The summed E-state index contributed by atoms with van der Waals surface area (Å²) in [5, 5.41) is 7.52. The fourth-order valence-corrected chi connectivity index (χ4v) is 1.39. The van der Waals surface area contributed by atoms with E-state index in [1.165, 1.54) is 30.4 Å². The van der Waals surface area contributed by atoms with Gasteiger partial charge in [-0.3, -0.25) is 0 Å². The van der Waals surface area contributed by atoms with Crippen molar-refractivity contribution in [2.75, 3.05) is 0 Å². The summed E-state index contributed by atoms with van der Waals surface area (Å²) in [5.41, 5.74) is 2.63. The first-order chi connectivity index (χ1) is 4.97. The standard InChI is InChI=1S/C8H9N2/c1-2-4-8-6-10-9-5-7(8)3-1/h5H,1-4H2. The van der Waals surface area contributed by atoms with E-state index in [4.69, 9.17) is 0 Å². The molecule has 51 valence electrons. The minimum Gasteiger partial charge on any atom is -0.158 e. The molecule has 0 aliphatic heterocycles. The third-order valence-electron chi connectivity index (χ3n) is 1.97. The first-order valence-electron chi connectivity index (χ1n) is 3.68. The summed E-state index contributed by atoms with van der Waals surface area (Å²) in [6.07, 6.45) is 9.69. The van der Waals surface area contributed by atoms with Crippen molar-refractivity contribution in [3.8, 4) is 0 Å². The van der Waals surface area contributed by atoms with Crippen molar-refractivity contribution < 1.29 is 0 Å². The molecule has 2 nitrogen and oxygen atoms in total. The molecule has 1 aliphatic rings. The predicted molar refractivity (Wildman–Crippen MR) is 37.5 cm³/mol. The monoisotopic (exact) mass is 133 g/mol. The molecule has 0 aromatic carbocycles. The molecule has 1 aromatic rings. The van der Waals surface area contributed by atoms with Gasteiger partial charge in [0.1, 0.15) is 6.20 Å². The average Bonchev–Trinajstić information content (AvgIpc) is 2.05. The molecule has 0 atom stereocenters. The molecule has 0 amide bonds. The summed E-state index contributed by atoms with van der Waals surface area (Å²) in [7, 11) is 0. The molecule has 0 unspecified atom stereocenters. The van der Waals surface area contributed by atoms with Crippen LogP contribution in [-0.2, 0) is 12.8 Å². The van der Waals surface area contributed by atoms with E-state index in [9.17, 15) is 0 Å². The first kappa shape index (κ1) is 5.83. The van der Waals surface area contributed by atoms with E-state index < -0.39 is 0 Å². The molecule has 0 fully saturated rings. The fourth-order valence-electron chi connectivity index (χ4n) is 1.39. The van der Waals surface area contributed by atoms with E-state index >= 15 is 0 Å². The summed E-state index contributed by atoms with van der Waals surface area (Å²) in [6.45, 7) is 0. The Bertz CT molecular complexity index is 207. The van der Waals surface area contributed by atoms with Crippen LogP contribution in [0, 0.1) is 6.20 Å². The fraction of sp³-hybridized carbons (Fsp3) is 0.500. The van der Waals surface area contributed by atoms with Crippen molar-refractivity contribution in [3.05, 3.63) is 23.5 Å². The van der Waals surface area contributed by atoms with Gasteiger partial charge in [-0.15, -0.1) is 5.10 Å². The average molecular weight is 133 g/mol. The van der Waals surface area contributed by atoms with E-state index in [1.807, 2.05) is 6.20 Å². The zero-order valence-electron chi connectivity index (χ0n) is 5.80. The molecule has 1 radical (unpaired) electrons. The van der Waals surface area contributed by atoms with Crippen molar-refractivity contribution in [2.24, 2.45) is 0 Å². The summed E-state index contributed by atoms with van der Waals surface area (Å²) < 4.78 is 0. The lowest BCUT2D eigenvalue weighted by Crippen LogP contribution is -2.03. The maximum Gasteiger partial charge on any atom is 0.117 e. The third kappa shape index (κ3) is 0.897. The van der Waals surface area contributed by atoms with Gasteiger partial charge in [0.15, 0.2) is 0 Å². The second kappa shape index (κ2) is 2.37. The summed E-state index contributed by atoms with van der Waals surface area (Å²) in [4.78, 5) is 0. The minimum atomic E-state index is 1.14. The molecule has 1 aliphatic carbocycles. The van der Waals surface area contributed by atoms with Gasteiger partial charge in [0.05, 0.1) is 6.20 Å². The van der Waals surface area contributed by atoms with Crippen LogP contribution in [-0.4, -0.2) is 10.2 Å². The van der Waals surface area contributed by atoms with Gasteiger partial charge in [-0.25, -0.2) is 0 Å². The van der Waals surface area contributed by atoms with Crippen molar-refractivity contribution in [1.29, 1.82) is 0 Å². The van der Waals surface area contributed by atoms with E-state index in [1.54, 1.807) is 0 Å². The Kier molecular flexibility index (Phi) is 1.38. The number of fused-ring (bicyclic) bond motifs is 1. The van der Waals surface area contributed by atoms with Crippen molar-refractivity contribution in [3.63, 3.8) is 0 Å². The van der Waals surface area contributed by atoms with Crippen LogP contribution in [0.3, 0.4) is 0 Å². The van der Waals surface area contributed by atoms with E-state index in [-0.39, 0.29) is 0 Å². The van der Waals surface area contributed by atoms with Crippen molar-refractivity contribution >= 4 is 0 Å². The largest absolute Gasteiger partial charge is 0.158 e. The number of nitrogens with zero attached hydrogens (tertiary/aromatic N) is 2. The molecule has 0 saturated carbocycles. The molecule has 0 saturated heterocycles. The second-order valence-electron chi connectivity index (χ2n) is 2.67. The number of hydrogen-bond donors (Lipinski definition) is 0. The van der Waals surface area contributed by atoms with Gasteiger partial charge in [0, 0.05) is 0 Å². The highest BCUT2D eigenvalue weighted by Crippen LogP contribution is 2.17. The van der Waals surface area contributed by atoms with Crippen LogP contribution in [0.5, 0.6) is 0 Å². The van der Waals surface area contributed by atoms with Gasteiger partial charge in [0.2, 0.25) is 0 Å². The summed E-state index contributed by atoms with van der Waals surface area (Å²) in [5.74, 6) is 0. The molecular weight excluding hydrogens is 124 g/mol. The zero-order valence-corrected chi connectivity index (χ0v) is 5.80. The molecule has 1 heterocycles. The molecule has 2 rings (SSSR count). The number of aromatic nitrogens is 2. The normalized spacial score (nSPS) is 16.4. The number of rotatable bonds is 0. The Hall–Kier alpha value is -0.920. The highest BCUT2D eigenvalue weighted by atomic mass is 15.1. The Balaban J connectivity index is 2.41. The van der Waals surface area contributed by atoms with Gasteiger partial charge in [-0.1, -0.05) is 0 Å². The topological polar surface area (TPSA) is 25.8 Å². The lowest BCUT2D eigenvalue weighted by molar-refractivity contribution is 0.672. The van der Waals surface area contributed by atoms with Crippen molar-refractivity contribution in [2.45, 2.75) is 25.7 Å². The smallest absolute Gasteiger partial charge is 0.117 e. The quantitative estimate of drug-likeness (QED) is 0.530. The van der Waals surface area contributed by atoms with E-state index in [0.29, 0.717) is 0 Å². The van der Waals surface area contributed by atoms with Crippen LogP contribution in [0.4, 0.5) is 0 Å². The number of aryl methyl sites for hydroxylation is 2. The Morgan fingerprint density at radius 2 is 2.20 bits per heavy atom. The Morgan fingerprint density at radius 3 is 3.10 bits per heavy atom. The summed E-state index contributed by atoms with van der Waals surface area (Å²) >= 11 is 0. The van der Waals surface area contributed by atoms with Crippen molar-refractivity contribution in [1.82, 2.24) is 10.2 Å². The Morgan fingerprint density at radius 1 is 1.30 bits per heavy atom. The van der Waals surface area contributed by atoms with Crippen LogP contribution in [0.1, 0.15) is 24.0 Å². The van der Waals surface area contributed by atoms with E-state index in [0.717, 1.165) is 6.42 Å². The van der Waals surface area contributed by atoms with Gasteiger partial charge in [0.25, 0.3) is 0 Å². The Labute approximate surface area is 60.3 Å². The van der Waals surface area contributed by atoms with Gasteiger partial charge >= 0.3 is 0 Å². The highest BCUT2D eigenvalue weighted by molar-refractivity contribution is 5.21. The molecule has 10 heavy (non-hydrogen) atoms.